The molecule has 13 heavy (non-hydrogen) atoms. The summed E-state index contributed by atoms with van der Waals surface area (Å²) in [5, 5.41) is 1.67. The minimum Gasteiger partial charge on any atom is -0.495 e. The molecule has 1 N–H and O–H groups in total. The molecule has 0 saturated heterocycles. The molecule has 68 valence electrons. The lowest BCUT2D eigenvalue weighted by Crippen LogP contribution is -1.83. The largest absolute Gasteiger partial charge is 0.495 e. The maximum absolute atomic E-state index is 6.03. The van der Waals surface area contributed by atoms with Gasteiger partial charge in [-0.2, -0.15) is 0 Å². The van der Waals surface area contributed by atoms with Gasteiger partial charge in [-0.25, -0.2) is 0 Å². The van der Waals surface area contributed by atoms with Crippen molar-refractivity contribution in [3.8, 4) is 5.75 Å². The van der Waals surface area contributed by atoms with Gasteiger partial charge in [0, 0.05) is 16.1 Å². The zero-order chi connectivity index (χ0) is 9.42. The Kier molecular flexibility index (Phi) is 2.22. The number of methoxy groups -OCH3 is 1. The monoisotopic (exact) mass is 259 g/mol. The van der Waals surface area contributed by atoms with Gasteiger partial charge in [-0.3, -0.25) is 0 Å². The Balaban J connectivity index is 2.87. The molecule has 4 heteroatoms. The maximum atomic E-state index is 6.03. The molecule has 0 atom stereocenters. The second kappa shape index (κ2) is 3.24. The van der Waals surface area contributed by atoms with Gasteiger partial charge in [0.2, 0.25) is 0 Å². The molecule has 0 spiro atoms. The van der Waals surface area contributed by atoms with E-state index >= 15 is 0 Å². The summed E-state index contributed by atoms with van der Waals surface area (Å²) >= 11 is 9.44. The molecule has 0 aliphatic rings. The smallest absolute Gasteiger partial charge is 0.143 e. The van der Waals surface area contributed by atoms with Crippen LogP contribution >= 0.6 is 27.5 Å². The predicted octanol–water partition coefficient (Wildman–Crippen LogP) is 3.59. The molecule has 0 fully saturated rings. The number of hydrogen-bond donors (Lipinski definition) is 1. The average Bonchev–Trinajstić information content (AvgIpc) is 2.50. The molecule has 2 rings (SSSR count). The highest BCUT2D eigenvalue weighted by Gasteiger charge is 2.09. The van der Waals surface area contributed by atoms with Crippen molar-refractivity contribution in [1.82, 2.24) is 4.98 Å². The molecule has 0 aliphatic carbocycles. The Morgan fingerprint density at radius 1 is 1.46 bits per heavy atom. The van der Waals surface area contributed by atoms with Crippen LogP contribution < -0.4 is 4.74 Å². The van der Waals surface area contributed by atoms with Crippen LogP contribution in [-0.2, 0) is 0 Å². The molecule has 1 heterocycles. The Morgan fingerprint density at radius 3 is 2.92 bits per heavy atom. The number of aromatic amines is 1. The van der Waals surface area contributed by atoms with Crippen LogP contribution in [0.4, 0.5) is 0 Å². The lowest BCUT2D eigenvalue weighted by molar-refractivity contribution is 0.419. The van der Waals surface area contributed by atoms with Crippen molar-refractivity contribution < 1.29 is 4.74 Å². The summed E-state index contributed by atoms with van der Waals surface area (Å²) in [4.78, 5) is 3.09. The first-order chi connectivity index (χ1) is 6.24. The van der Waals surface area contributed by atoms with Crippen LogP contribution in [0, 0.1) is 0 Å². The van der Waals surface area contributed by atoms with E-state index in [-0.39, 0.29) is 0 Å². The molecule has 0 aliphatic heterocycles. The molecule has 0 amide bonds. The second-order valence-corrected chi connectivity index (χ2v) is 3.90. The zero-order valence-corrected chi connectivity index (χ0v) is 9.24. The Morgan fingerprint density at radius 2 is 2.23 bits per heavy atom. The third-order valence-electron chi connectivity index (χ3n) is 1.92. The van der Waals surface area contributed by atoms with Gasteiger partial charge in [-0.1, -0.05) is 11.6 Å². The van der Waals surface area contributed by atoms with Crippen LogP contribution in [0.1, 0.15) is 0 Å². The van der Waals surface area contributed by atoms with Crippen molar-refractivity contribution in [2.45, 2.75) is 0 Å². The molecular weight excluding hydrogens is 253 g/mol. The van der Waals surface area contributed by atoms with Gasteiger partial charge in [0.1, 0.15) is 5.75 Å². The van der Waals surface area contributed by atoms with Gasteiger partial charge in [0.15, 0.2) is 0 Å². The summed E-state index contributed by atoms with van der Waals surface area (Å²) < 4.78 is 6.14. The van der Waals surface area contributed by atoms with E-state index in [1.807, 2.05) is 18.3 Å². The molecule has 1 aromatic carbocycles. The van der Waals surface area contributed by atoms with Gasteiger partial charge in [0.25, 0.3) is 0 Å². The highest BCUT2D eigenvalue weighted by molar-refractivity contribution is 9.10. The fourth-order valence-corrected chi connectivity index (χ4v) is 2.21. The minimum absolute atomic E-state index is 0.712. The number of ether oxygens (including phenoxy) is 1. The van der Waals surface area contributed by atoms with E-state index in [4.69, 9.17) is 16.3 Å². The summed E-state index contributed by atoms with van der Waals surface area (Å²) in [6, 6.07) is 3.66. The van der Waals surface area contributed by atoms with Crippen LogP contribution in [0.3, 0.4) is 0 Å². The van der Waals surface area contributed by atoms with Crippen LogP contribution in [0.2, 0.25) is 5.02 Å². The van der Waals surface area contributed by atoms with E-state index in [0.717, 1.165) is 21.1 Å². The van der Waals surface area contributed by atoms with Gasteiger partial charge in [-0.15, -0.1) is 0 Å². The fraction of sp³-hybridized carbons (Fsp3) is 0.111. The van der Waals surface area contributed by atoms with E-state index in [1.54, 1.807) is 7.11 Å². The third-order valence-corrected chi connectivity index (χ3v) is 2.86. The first kappa shape index (κ1) is 8.91. The molecule has 0 saturated carbocycles. The first-order valence-corrected chi connectivity index (χ1v) is 4.90. The van der Waals surface area contributed by atoms with Crippen molar-refractivity contribution in [3.63, 3.8) is 0 Å². The standard InChI is InChI=1S/C9H7BrClNO/c1-13-7-3-2-6(11)8-5(10)4-12-9(7)8/h2-4,12H,1H3. The molecule has 0 unspecified atom stereocenters. The van der Waals surface area contributed by atoms with Gasteiger partial charge < -0.3 is 9.72 Å². The maximum Gasteiger partial charge on any atom is 0.143 e. The molecule has 0 radical (unpaired) electrons. The van der Waals surface area contributed by atoms with Crippen molar-refractivity contribution >= 4 is 38.4 Å². The Labute approximate surface area is 89.0 Å². The number of H-pyrrole nitrogens is 1. The first-order valence-electron chi connectivity index (χ1n) is 3.73. The third kappa shape index (κ3) is 1.32. The molecule has 0 bridgehead atoms. The summed E-state index contributed by atoms with van der Waals surface area (Å²) in [6.45, 7) is 0. The van der Waals surface area contributed by atoms with Crippen LogP contribution in [0.15, 0.2) is 22.8 Å². The van der Waals surface area contributed by atoms with E-state index in [9.17, 15) is 0 Å². The predicted molar refractivity (Wildman–Crippen MR) is 57.6 cm³/mol. The van der Waals surface area contributed by atoms with Crippen LogP contribution in [-0.4, -0.2) is 12.1 Å². The number of halogens is 2. The van der Waals surface area contributed by atoms with Crippen molar-refractivity contribution in [2.75, 3.05) is 7.11 Å². The van der Waals surface area contributed by atoms with Gasteiger partial charge in [-0.05, 0) is 28.1 Å². The number of hydrogen-bond acceptors (Lipinski definition) is 1. The highest BCUT2D eigenvalue weighted by Crippen LogP contribution is 2.35. The number of aromatic nitrogens is 1. The van der Waals surface area contributed by atoms with Gasteiger partial charge in [0.05, 0.1) is 17.6 Å². The lowest BCUT2D eigenvalue weighted by Gasteiger charge is -2.02. The molecular formula is C9H7BrClNO. The average molecular weight is 261 g/mol. The Hall–Kier alpha value is -0.670. The number of nitrogens with one attached hydrogen (secondary N) is 1. The summed E-state index contributed by atoms with van der Waals surface area (Å²) in [7, 11) is 1.64. The van der Waals surface area contributed by atoms with E-state index in [1.165, 1.54) is 0 Å². The van der Waals surface area contributed by atoms with Crippen molar-refractivity contribution in [1.29, 1.82) is 0 Å². The van der Waals surface area contributed by atoms with Gasteiger partial charge >= 0.3 is 0 Å². The number of fused-ring (bicyclic) bond motifs is 1. The summed E-state index contributed by atoms with van der Waals surface area (Å²) in [5.74, 6) is 0.796. The Bertz CT molecular complexity index is 452. The normalized spacial score (nSPS) is 10.7. The molecule has 2 aromatic rings. The zero-order valence-electron chi connectivity index (χ0n) is 6.90. The van der Waals surface area contributed by atoms with E-state index < -0.39 is 0 Å². The van der Waals surface area contributed by atoms with Crippen LogP contribution in [0.5, 0.6) is 5.75 Å². The highest BCUT2D eigenvalue weighted by atomic mass is 79.9. The minimum atomic E-state index is 0.712. The van der Waals surface area contributed by atoms with E-state index in [2.05, 4.69) is 20.9 Å². The lowest BCUT2D eigenvalue weighted by atomic mass is 10.2. The second-order valence-electron chi connectivity index (χ2n) is 2.64. The summed E-state index contributed by atoms with van der Waals surface area (Å²) in [5.41, 5.74) is 0.918. The number of rotatable bonds is 1. The molecule has 1 aromatic heterocycles. The fourth-order valence-electron chi connectivity index (χ4n) is 1.31. The quantitative estimate of drug-likeness (QED) is 0.833. The topological polar surface area (TPSA) is 25.0 Å². The SMILES string of the molecule is COc1ccc(Cl)c2c(Br)c[nH]c12. The molecule has 2 nitrogen and oxygen atoms in total. The number of benzene rings is 1. The van der Waals surface area contributed by atoms with Crippen LogP contribution in [0.25, 0.3) is 10.9 Å². The van der Waals surface area contributed by atoms with E-state index in [0.29, 0.717) is 5.02 Å². The van der Waals surface area contributed by atoms with Crippen molar-refractivity contribution in [3.05, 3.63) is 27.8 Å². The summed E-state index contributed by atoms with van der Waals surface area (Å²) in [6.07, 6.45) is 1.85. The van der Waals surface area contributed by atoms with Crippen molar-refractivity contribution in [2.24, 2.45) is 0 Å².